The van der Waals surface area contributed by atoms with Gasteiger partial charge in [-0.1, -0.05) is 0 Å². The van der Waals surface area contributed by atoms with E-state index in [0.29, 0.717) is 0 Å². The van der Waals surface area contributed by atoms with Crippen LogP contribution in [0.3, 0.4) is 0 Å². The van der Waals surface area contributed by atoms with Gasteiger partial charge in [0, 0.05) is 6.26 Å². The molecule has 0 aliphatic rings. The normalized spacial score (nSPS) is 13.4. The molecule has 0 aliphatic heterocycles. The lowest BCUT2D eigenvalue weighted by Crippen LogP contribution is -2.04. The summed E-state index contributed by atoms with van der Waals surface area (Å²) in [5.41, 5.74) is 0. The molecule has 1 aromatic rings. The first-order valence-electron chi connectivity index (χ1n) is 3.69. The third kappa shape index (κ3) is 2.86. The number of halogens is 3. The largest absolute Gasteiger partial charge is 0.443 e. The van der Waals surface area contributed by atoms with Crippen molar-refractivity contribution in [2.24, 2.45) is 4.36 Å². The lowest BCUT2D eigenvalue weighted by molar-refractivity contribution is -0.137. The fourth-order valence-corrected chi connectivity index (χ4v) is 2.40. The third-order valence-electron chi connectivity index (χ3n) is 1.40. The summed E-state index contributed by atoms with van der Waals surface area (Å²) in [6.45, 7) is 0. The maximum Gasteiger partial charge on any atom is 0.443 e. The van der Waals surface area contributed by atoms with E-state index in [0.717, 1.165) is 6.20 Å². The van der Waals surface area contributed by atoms with Gasteiger partial charge in [-0.15, -0.1) is 15.7 Å². The molecule has 0 bridgehead atoms. The van der Waals surface area contributed by atoms with E-state index in [1.807, 2.05) is 0 Å². The van der Waals surface area contributed by atoms with Crippen molar-refractivity contribution in [2.75, 3.05) is 6.26 Å². The Bertz CT molecular complexity index is 486. The van der Waals surface area contributed by atoms with E-state index in [9.17, 15) is 18.0 Å². The molecule has 1 atom stereocenters. The monoisotopic (exact) mass is 267 g/mol. The second kappa shape index (κ2) is 4.71. The van der Waals surface area contributed by atoms with E-state index >= 15 is 0 Å². The van der Waals surface area contributed by atoms with Crippen LogP contribution in [-0.4, -0.2) is 16.4 Å². The molecule has 4 nitrogen and oxygen atoms in total. The van der Waals surface area contributed by atoms with Crippen molar-refractivity contribution in [1.29, 1.82) is 5.26 Å². The minimum atomic E-state index is -4.55. The SMILES string of the molecule is CS(=NC#N)C(=O)c1cnc(C(F)(F)F)s1. The number of rotatable bonds is 1. The molecule has 0 fully saturated rings. The zero-order valence-corrected chi connectivity index (χ0v) is 9.41. The van der Waals surface area contributed by atoms with Crippen LogP contribution in [-0.2, 0) is 16.9 Å². The molecule has 0 amide bonds. The Morgan fingerprint density at radius 3 is 2.75 bits per heavy atom. The fourth-order valence-electron chi connectivity index (χ4n) is 0.748. The average molecular weight is 267 g/mol. The maximum atomic E-state index is 12.2. The number of carbonyl (C=O) groups is 1. The zero-order chi connectivity index (χ0) is 12.3. The Hall–Kier alpha value is -1.27. The molecular formula is C7H4F3N3OS2. The van der Waals surface area contributed by atoms with Crippen LogP contribution >= 0.6 is 11.3 Å². The van der Waals surface area contributed by atoms with Gasteiger partial charge >= 0.3 is 6.18 Å². The molecular weight excluding hydrogens is 263 g/mol. The average Bonchev–Trinajstić information content (AvgIpc) is 2.65. The number of thiazole rings is 1. The quantitative estimate of drug-likeness (QED) is 0.733. The van der Waals surface area contributed by atoms with Gasteiger partial charge in [-0.05, 0) is 10.7 Å². The highest BCUT2D eigenvalue weighted by Gasteiger charge is 2.35. The highest BCUT2D eigenvalue weighted by Crippen LogP contribution is 2.32. The van der Waals surface area contributed by atoms with Crippen molar-refractivity contribution in [3.63, 3.8) is 0 Å². The summed E-state index contributed by atoms with van der Waals surface area (Å²) in [5, 5.41) is 6.52. The number of aromatic nitrogens is 1. The first-order chi connectivity index (χ1) is 7.36. The summed E-state index contributed by atoms with van der Waals surface area (Å²) in [6.07, 6.45) is -0.907. The number of nitriles is 1. The lowest BCUT2D eigenvalue weighted by Gasteiger charge is -1.98. The zero-order valence-electron chi connectivity index (χ0n) is 7.78. The van der Waals surface area contributed by atoms with Crippen LogP contribution in [0.5, 0.6) is 0 Å². The van der Waals surface area contributed by atoms with Crippen molar-refractivity contribution in [3.05, 3.63) is 16.1 Å². The minimum Gasteiger partial charge on any atom is -0.280 e. The summed E-state index contributed by atoms with van der Waals surface area (Å²) in [6, 6.07) is 0. The second-order valence-electron chi connectivity index (χ2n) is 2.48. The molecule has 0 saturated heterocycles. The van der Waals surface area contributed by atoms with Crippen LogP contribution in [0.15, 0.2) is 10.6 Å². The van der Waals surface area contributed by atoms with Gasteiger partial charge in [0.05, 0.1) is 6.20 Å². The molecule has 1 aromatic heterocycles. The van der Waals surface area contributed by atoms with Gasteiger partial charge < -0.3 is 0 Å². The number of carbonyl (C=O) groups excluding carboxylic acids is 1. The molecule has 0 aromatic carbocycles. The van der Waals surface area contributed by atoms with Gasteiger partial charge in [-0.2, -0.15) is 18.4 Å². The predicted octanol–water partition coefficient (Wildman–Crippen LogP) is 2.21. The van der Waals surface area contributed by atoms with Gasteiger partial charge in [-0.25, -0.2) is 4.98 Å². The molecule has 1 unspecified atom stereocenters. The van der Waals surface area contributed by atoms with E-state index in [1.165, 1.54) is 12.4 Å². The van der Waals surface area contributed by atoms with E-state index in [4.69, 9.17) is 5.26 Å². The Morgan fingerprint density at radius 2 is 2.31 bits per heavy atom. The van der Waals surface area contributed by atoms with Crippen molar-refractivity contribution in [1.82, 2.24) is 4.98 Å². The van der Waals surface area contributed by atoms with Gasteiger partial charge in [0.25, 0.3) is 0 Å². The van der Waals surface area contributed by atoms with Gasteiger partial charge in [0.2, 0.25) is 11.3 Å². The van der Waals surface area contributed by atoms with Gasteiger partial charge in [0.15, 0.2) is 5.01 Å². The molecule has 9 heteroatoms. The van der Waals surface area contributed by atoms with Crippen molar-refractivity contribution < 1.29 is 18.0 Å². The molecule has 1 rings (SSSR count). The molecule has 0 N–H and O–H groups in total. The molecule has 0 spiro atoms. The predicted molar refractivity (Wildman–Crippen MR) is 52.8 cm³/mol. The van der Waals surface area contributed by atoms with Crippen LogP contribution in [0.2, 0.25) is 0 Å². The summed E-state index contributed by atoms with van der Waals surface area (Å²) < 4.78 is 39.8. The summed E-state index contributed by atoms with van der Waals surface area (Å²) in [5.74, 6) is 0. The molecule has 0 aliphatic carbocycles. The lowest BCUT2D eigenvalue weighted by atomic mass is 10.6. The van der Waals surface area contributed by atoms with Crippen LogP contribution in [0.1, 0.15) is 14.7 Å². The smallest absolute Gasteiger partial charge is 0.280 e. The number of hydrogen-bond donors (Lipinski definition) is 0. The molecule has 0 saturated carbocycles. The van der Waals surface area contributed by atoms with Crippen molar-refractivity contribution in [2.45, 2.75) is 6.18 Å². The third-order valence-corrected chi connectivity index (χ3v) is 3.68. The first-order valence-corrected chi connectivity index (χ1v) is 6.10. The molecule has 1 heterocycles. The number of nitrogens with zero attached hydrogens (tertiary/aromatic N) is 3. The van der Waals surface area contributed by atoms with Crippen molar-refractivity contribution >= 4 is 27.1 Å². The molecule has 16 heavy (non-hydrogen) atoms. The highest BCUT2D eigenvalue weighted by atomic mass is 32.2. The Balaban J connectivity index is 3.01. The number of hydrogen-bond acceptors (Lipinski definition) is 5. The van der Waals surface area contributed by atoms with Gasteiger partial charge in [0.1, 0.15) is 4.88 Å². The van der Waals surface area contributed by atoms with Crippen LogP contribution in [0, 0.1) is 11.5 Å². The second-order valence-corrected chi connectivity index (χ2v) is 5.02. The van der Waals surface area contributed by atoms with E-state index < -0.39 is 27.0 Å². The van der Waals surface area contributed by atoms with Crippen LogP contribution in [0.25, 0.3) is 0 Å². The fraction of sp³-hybridized carbons (Fsp3) is 0.286. The van der Waals surface area contributed by atoms with Crippen molar-refractivity contribution in [3.8, 4) is 6.19 Å². The van der Waals surface area contributed by atoms with Gasteiger partial charge in [-0.3, -0.25) is 4.79 Å². The minimum absolute atomic E-state index is 0.142. The van der Waals surface area contributed by atoms with Crippen LogP contribution < -0.4 is 0 Å². The topological polar surface area (TPSA) is 66.1 Å². The Morgan fingerprint density at radius 1 is 1.69 bits per heavy atom. The maximum absolute atomic E-state index is 12.2. The summed E-state index contributed by atoms with van der Waals surface area (Å²) >= 11 is 0.254. The standard InChI is InChI=1S/C7H4F3N3OS2/c1-16(13-3-11)5(14)4-2-12-6(15-4)7(8,9)10/h2H,1H3. The summed E-state index contributed by atoms with van der Waals surface area (Å²) in [4.78, 5) is 14.4. The highest BCUT2D eigenvalue weighted by molar-refractivity contribution is 8.02. The van der Waals surface area contributed by atoms with Crippen LogP contribution in [0.4, 0.5) is 13.2 Å². The van der Waals surface area contributed by atoms with E-state index in [-0.39, 0.29) is 16.2 Å². The molecule has 86 valence electrons. The summed E-state index contributed by atoms with van der Waals surface area (Å²) in [7, 11) is -1.25. The molecule has 0 radical (unpaired) electrons. The van der Waals surface area contributed by atoms with E-state index in [2.05, 4.69) is 9.35 Å². The Kier molecular flexibility index (Phi) is 3.77. The first kappa shape index (κ1) is 12.8. The van der Waals surface area contributed by atoms with E-state index in [1.54, 1.807) is 0 Å². The Labute approximate surface area is 94.8 Å². The number of alkyl halides is 3.